The molecule has 0 spiro atoms. The van der Waals surface area contributed by atoms with Crippen molar-refractivity contribution in [1.82, 2.24) is 4.57 Å². The summed E-state index contributed by atoms with van der Waals surface area (Å²) in [7, 11) is 0. The average Bonchev–Trinajstić information content (AvgIpc) is 2.99. The Morgan fingerprint density at radius 1 is 1.53 bits per heavy atom. The molecule has 0 radical (unpaired) electrons. The summed E-state index contributed by atoms with van der Waals surface area (Å²) in [5.74, 6) is -1.05. The predicted molar refractivity (Wildman–Crippen MR) is 55.6 cm³/mol. The van der Waals surface area contributed by atoms with Crippen molar-refractivity contribution < 1.29 is 9.90 Å². The van der Waals surface area contributed by atoms with Crippen LogP contribution >= 0.6 is 0 Å². The second kappa shape index (κ2) is 3.73. The molecule has 15 heavy (non-hydrogen) atoms. The Kier molecular flexibility index (Phi) is 2.41. The number of aromatic nitrogens is 1. The molecule has 1 fully saturated rings. The highest BCUT2D eigenvalue weighted by Crippen LogP contribution is 2.33. The lowest BCUT2D eigenvalue weighted by atomic mass is 10.2. The normalized spacial score (nSPS) is 15.7. The molecular weight excluding hydrogens is 194 g/mol. The Balaban J connectivity index is 2.35. The van der Waals surface area contributed by atoms with Gasteiger partial charge < -0.3 is 9.67 Å². The van der Waals surface area contributed by atoms with Crippen LogP contribution in [-0.4, -0.2) is 15.6 Å². The van der Waals surface area contributed by atoms with Crippen molar-refractivity contribution >= 4 is 12.0 Å². The fourth-order valence-electron chi connectivity index (χ4n) is 1.46. The van der Waals surface area contributed by atoms with Crippen molar-refractivity contribution in [3.05, 3.63) is 40.3 Å². The molecule has 1 N–H and O–H groups in total. The summed E-state index contributed by atoms with van der Waals surface area (Å²) in [6.07, 6.45) is 6.13. The predicted octanol–water partition coefficient (Wildman–Crippen LogP) is 1.28. The van der Waals surface area contributed by atoms with E-state index >= 15 is 0 Å². The molecule has 0 bridgehead atoms. The molecule has 0 atom stereocenters. The molecule has 4 nitrogen and oxygen atoms in total. The van der Waals surface area contributed by atoms with Gasteiger partial charge in [0.1, 0.15) is 0 Å². The summed E-state index contributed by atoms with van der Waals surface area (Å²) in [5, 5.41) is 8.46. The third-order valence-corrected chi connectivity index (χ3v) is 2.35. The molecule has 1 aliphatic rings. The van der Waals surface area contributed by atoms with E-state index in [9.17, 15) is 9.59 Å². The molecular formula is C11H11NO3. The lowest BCUT2D eigenvalue weighted by Crippen LogP contribution is -2.20. The van der Waals surface area contributed by atoms with Gasteiger partial charge in [0.05, 0.1) is 0 Å². The highest BCUT2D eigenvalue weighted by molar-refractivity contribution is 5.85. The third kappa shape index (κ3) is 2.15. The molecule has 0 unspecified atom stereocenters. The van der Waals surface area contributed by atoms with E-state index in [0.717, 1.165) is 18.9 Å². The summed E-state index contributed by atoms with van der Waals surface area (Å²) in [6.45, 7) is 0. The van der Waals surface area contributed by atoms with Gasteiger partial charge in [-0.1, -0.05) is 0 Å². The highest BCUT2D eigenvalue weighted by atomic mass is 16.4. The minimum absolute atomic E-state index is 0.113. The van der Waals surface area contributed by atoms with E-state index in [-0.39, 0.29) is 5.56 Å². The average molecular weight is 205 g/mol. The molecule has 0 aliphatic heterocycles. The first kappa shape index (κ1) is 9.71. The number of carboxylic acid groups (broad SMARTS) is 1. The van der Waals surface area contributed by atoms with Crippen LogP contribution in [0.15, 0.2) is 29.2 Å². The molecule has 78 valence electrons. The second-order valence-corrected chi connectivity index (χ2v) is 3.58. The Labute approximate surface area is 86.5 Å². The van der Waals surface area contributed by atoms with Crippen molar-refractivity contribution in [2.24, 2.45) is 0 Å². The topological polar surface area (TPSA) is 59.3 Å². The van der Waals surface area contributed by atoms with Crippen molar-refractivity contribution in [1.29, 1.82) is 0 Å². The maximum Gasteiger partial charge on any atom is 0.328 e. The molecule has 1 saturated carbocycles. The third-order valence-electron chi connectivity index (χ3n) is 2.35. The number of aliphatic carboxylic acids is 1. The zero-order valence-corrected chi connectivity index (χ0v) is 8.09. The van der Waals surface area contributed by atoms with E-state index in [1.54, 1.807) is 22.9 Å². The van der Waals surface area contributed by atoms with E-state index in [4.69, 9.17) is 5.11 Å². The molecule has 0 saturated heterocycles. The fraction of sp³-hybridized carbons (Fsp3) is 0.273. The molecule has 1 aromatic rings. The van der Waals surface area contributed by atoms with E-state index in [0.29, 0.717) is 11.6 Å². The van der Waals surface area contributed by atoms with Crippen LogP contribution in [0.3, 0.4) is 0 Å². The van der Waals surface area contributed by atoms with Crippen molar-refractivity contribution in [3.8, 4) is 0 Å². The number of pyridine rings is 1. The summed E-state index contributed by atoms with van der Waals surface area (Å²) >= 11 is 0. The van der Waals surface area contributed by atoms with E-state index in [1.807, 2.05) is 0 Å². The van der Waals surface area contributed by atoms with E-state index < -0.39 is 5.97 Å². The van der Waals surface area contributed by atoms with Crippen molar-refractivity contribution in [3.63, 3.8) is 0 Å². The summed E-state index contributed by atoms with van der Waals surface area (Å²) < 4.78 is 1.67. The standard InChI is InChI=1S/C11H11NO3/c13-10(14)6-3-8-2-1-7-12(11(8)15)9-4-5-9/h1-3,6-7,9H,4-5H2,(H,13,14)/b6-3+. The number of carbonyl (C=O) groups is 1. The van der Waals surface area contributed by atoms with Crippen LogP contribution in [0.5, 0.6) is 0 Å². The van der Waals surface area contributed by atoms with Gasteiger partial charge in [-0.15, -0.1) is 0 Å². The first-order valence-corrected chi connectivity index (χ1v) is 4.80. The van der Waals surface area contributed by atoms with Gasteiger partial charge in [0.2, 0.25) is 0 Å². The number of hydrogen-bond acceptors (Lipinski definition) is 2. The Hall–Kier alpha value is -1.84. The van der Waals surface area contributed by atoms with Gasteiger partial charge in [0.15, 0.2) is 0 Å². The first-order valence-electron chi connectivity index (χ1n) is 4.80. The fourth-order valence-corrected chi connectivity index (χ4v) is 1.46. The monoisotopic (exact) mass is 205 g/mol. The number of hydrogen-bond donors (Lipinski definition) is 1. The Morgan fingerprint density at radius 3 is 2.87 bits per heavy atom. The van der Waals surface area contributed by atoms with Crippen LogP contribution in [0.4, 0.5) is 0 Å². The first-order chi connectivity index (χ1) is 7.18. The smallest absolute Gasteiger partial charge is 0.328 e. The molecule has 0 aromatic carbocycles. The van der Waals surface area contributed by atoms with Gasteiger partial charge in [-0.2, -0.15) is 0 Å². The number of carboxylic acids is 1. The minimum atomic E-state index is -1.05. The Bertz CT molecular complexity index is 469. The largest absolute Gasteiger partial charge is 0.478 e. The van der Waals surface area contributed by atoms with Gasteiger partial charge in [-0.3, -0.25) is 4.79 Å². The van der Waals surface area contributed by atoms with Gasteiger partial charge in [-0.05, 0) is 31.1 Å². The quantitative estimate of drug-likeness (QED) is 0.756. The molecule has 4 heteroatoms. The lowest BCUT2D eigenvalue weighted by molar-refractivity contribution is -0.131. The Morgan fingerprint density at radius 2 is 2.27 bits per heavy atom. The van der Waals surface area contributed by atoms with Crippen LogP contribution in [0.25, 0.3) is 6.08 Å². The van der Waals surface area contributed by atoms with Gasteiger partial charge >= 0.3 is 5.97 Å². The van der Waals surface area contributed by atoms with E-state index in [2.05, 4.69) is 0 Å². The summed E-state index contributed by atoms with van der Waals surface area (Å²) in [4.78, 5) is 22.1. The van der Waals surface area contributed by atoms with Gasteiger partial charge in [0, 0.05) is 23.9 Å². The number of rotatable bonds is 3. The molecule has 1 heterocycles. The van der Waals surface area contributed by atoms with Gasteiger partial charge in [-0.25, -0.2) is 4.79 Å². The maximum absolute atomic E-state index is 11.8. The minimum Gasteiger partial charge on any atom is -0.478 e. The summed E-state index contributed by atoms with van der Waals surface area (Å²) in [6, 6.07) is 3.71. The number of nitrogens with zero attached hydrogens (tertiary/aromatic N) is 1. The van der Waals surface area contributed by atoms with Crippen molar-refractivity contribution in [2.45, 2.75) is 18.9 Å². The van der Waals surface area contributed by atoms with Crippen molar-refractivity contribution in [2.75, 3.05) is 0 Å². The van der Waals surface area contributed by atoms with E-state index in [1.165, 1.54) is 6.08 Å². The van der Waals surface area contributed by atoms with Gasteiger partial charge in [0.25, 0.3) is 5.56 Å². The summed E-state index contributed by atoms with van der Waals surface area (Å²) in [5.41, 5.74) is 0.310. The SMILES string of the molecule is O=C(O)/C=C/c1cccn(C2CC2)c1=O. The zero-order valence-electron chi connectivity index (χ0n) is 8.09. The zero-order chi connectivity index (χ0) is 10.8. The van der Waals surface area contributed by atoms with Crippen LogP contribution in [0, 0.1) is 0 Å². The van der Waals surface area contributed by atoms with Crippen LogP contribution in [0.1, 0.15) is 24.4 Å². The van der Waals surface area contributed by atoms with Crippen LogP contribution < -0.4 is 5.56 Å². The maximum atomic E-state index is 11.8. The van der Waals surface area contributed by atoms with Crippen LogP contribution in [0.2, 0.25) is 0 Å². The van der Waals surface area contributed by atoms with Crippen LogP contribution in [-0.2, 0) is 4.79 Å². The second-order valence-electron chi connectivity index (χ2n) is 3.58. The molecule has 1 aliphatic carbocycles. The molecule has 1 aromatic heterocycles. The lowest BCUT2D eigenvalue weighted by Gasteiger charge is -2.02. The highest BCUT2D eigenvalue weighted by Gasteiger charge is 2.24. The molecule has 2 rings (SSSR count). The molecule has 0 amide bonds.